The van der Waals surface area contributed by atoms with Crippen LogP contribution in [0.25, 0.3) is 0 Å². The van der Waals surface area contributed by atoms with Gasteiger partial charge in [-0.2, -0.15) is 10.4 Å². The van der Waals surface area contributed by atoms with E-state index in [1.54, 1.807) is 20.4 Å². The molecular formula is C29H40N8O. The molecule has 0 saturated heterocycles. The van der Waals surface area contributed by atoms with Crippen LogP contribution in [0.4, 0.5) is 11.5 Å². The van der Waals surface area contributed by atoms with Gasteiger partial charge in [0.1, 0.15) is 5.84 Å². The van der Waals surface area contributed by atoms with Crippen molar-refractivity contribution in [1.82, 2.24) is 10.2 Å². The summed E-state index contributed by atoms with van der Waals surface area (Å²) in [5.74, 6) is 2.29. The number of nitriles is 1. The zero-order chi connectivity index (χ0) is 28.5. The molecule has 2 rings (SSSR count). The molecule has 0 aliphatic carbocycles. The molecule has 0 unspecified atom stereocenters. The maximum Gasteiger partial charge on any atom is 0.176 e. The lowest BCUT2D eigenvalue weighted by Crippen LogP contribution is -2.25. The Balaban J connectivity index is 2.69. The number of aromatic amines is 1. The van der Waals surface area contributed by atoms with Crippen molar-refractivity contribution in [2.75, 3.05) is 31.4 Å². The summed E-state index contributed by atoms with van der Waals surface area (Å²) in [6, 6.07) is 12.1. The number of nitrogens with two attached hydrogens (primary N) is 1. The minimum atomic E-state index is -0.564. The van der Waals surface area contributed by atoms with Gasteiger partial charge in [0, 0.05) is 55.1 Å². The van der Waals surface area contributed by atoms with E-state index in [-0.39, 0.29) is 0 Å². The molecule has 1 aromatic carbocycles. The summed E-state index contributed by atoms with van der Waals surface area (Å²) in [4.78, 5) is 11.1. The number of allylic oxidation sites excluding steroid dienone is 2. The van der Waals surface area contributed by atoms with Gasteiger partial charge in [0.05, 0.1) is 18.6 Å². The summed E-state index contributed by atoms with van der Waals surface area (Å²) >= 11 is 0. The SMILES string of the molecule is CC/C(C)=C(C(\C=NC)=C\N)/C(OC)=C(\N=C(/C)N(C)c1ccc(C(C)(C)C#N)cc1)Nc1cc(C)[nH]n1. The van der Waals surface area contributed by atoms with Crippen LogP contribution in [0.1, 0.15) is 52.3 Å². The monoisotopic (exact) mass is 516 g/mol. The van der Waals surface area contributed by atoms with Crippen molar-refractivity contribution >= 4 is 23.6 Å². The van der Waals surface area contributed by atoms with E-state index in [2.05, 4.69) is 33.5 Å². The molecule has 0 saturated carbocycles. The number of aryl methyl sites for hydroxylation is 1. The molecule has 2 aromatic rings. The first-order chi connectivity index (χ1) is 18.0. The van der Waals surface area contributed by atoms with Crippen molar-refractivity contribution in [3.63, 3.8) is 0 Å². The number of nitrogens with one attached hydrogen (secondary N) is 2. The van der Waals surface area contributed by atoms with Crippen molar-refractivity contribution in [3.05, 3.63) is 76.1 Å². The Morgan fingerprint density at radius 3 is 2.42 bits per heavy atom. The van der Waals surface area contributed by atoms with E-state index in [4.69, 9.17) is 15.5 Å². The smallest absolute Gasteiger partial charge is 0.176 e. The predicted octanol–water partition coefficient (Wildman–Crippen LogP) is 5.57. The van der Waals surface area contributed by atoms with Gasteiger partial charge in [-0.3, -0.25) is 10.1 Å². The second kappa shape index (κ2) is 13.3. The number of methoxy groups -OCH3 is 1. The van der Waals surface area contributed by atoms with Crippen LogP contribution in [0, 0.1) is 18.3 Å². The van der Waals surface area contributed by atoms with E-state index >= 15 is 0 Å². The van der Waals surface area contributed by atoms with Gasteiger partial charge in [-0.25, -0.2) is 4.99 Å². The van der Waals surface area contributed by atoms with Crippen molar-refractivity contribution in [2.45, 2.75) is 53.4 Å². The number of anilines is 2. The standard InChI is InChI=1S/C29H40N8O/c1-10-19(2)26(22(16-30)17-32-7)27(38-9)28(34-25-15-20(3)35-36-25)33-21(4)37(8)24-13-11-23(12-14-24)29(5,6)18-31/h11-17H,10,30H2,1-9H3,(H2,34,35,36)/b22-16+,26-19+,28-27-,32-17?,33-21+. The highest BCUT2D eigenvalue weighted by atomic mass is 16.5. The number of amidine groups is 1. The van der Waals surface area contributed by atoms with Gasteiger partial charge in [0.15, 0.2) is 17.4 Å². The zero-order valence-electron chi connectivity index (χ0n) is 24.0. The Morgan fingerprint density at radius 1 is 1.29 bits per heavy atom. The summed E-state index contributed by atoms with van der Waals surface area (Å²) in [7, 11) is 5.25. The Kier molecular flexibility index (Phi) is 10.5. The van der Waals surface area contributed by atoms with E-state index in [9.17, 15) is 5.26 Å². The summed E-state index contributed by atoms with van der Waals surface area (Å²) in [5, 5.41) is 20.1. The topological polar surface area (TPSA) is 128 Å². The quantitative estimate of drug-likeness (QED) is 0.164. The Bertz CT molecular complexity index is 1300. The third-order valence-corrected chi connectivity index (χ3v) is 6.31. The van der Waals surface area contributed by atoms with E-state index in [0.29, 0.717) is 23.2 Å². The van der Waals surface area contributed by atoms with E-state index in [1.165, 1.54) is 6.20 Å². The van der Waals surface area contributed by atoms with Crippen LogP contribution < -0.4 is 16.0 Å². The summed E-state index contributed by atoms with van der Waals surface area (Å²) in [6.45, 7) is 11.8. The van der Waals surface area contributed by atoms with Gasteiger partial charge in [-0.15, -0.1) is 0 Å². The van der Waals surface area contributed by atoms with Crippen molar-refractivity contribution in [1.29, 1.82) is 5.26 Å². The van der Waals surface area contributed by atoms with Crippen LogP contribution in [0.5, 0.6) is 0 Å². The molecular weight excluding hydrogens is 476 g/mol. The highest BCUT2D eigenvalue weighted by Crippen LogP contribution is 2.29. The lowest BCUT2D eigenvalue weighted by molar-refractivity contribution is 0.297. The first-order valence-electron chi connectivity index (χ1n) is 12.5. The van der Waals surface area contributed by atoms with Gasteiger partial charge in [-0.1, -0.05) is 24.6 Å². The molecule has 0 aliphatic heterocycles. The van der Waals surface area contributed by atoms with Crippen LogP contribution in [0.15, 0.2) is 74.8 Å². The van der Waals surface area contributed by atoms with Crippen molar-refractivity contribution in [3.8, 4) is 6.07 Å². The highest BCUT2D eigenvalue weighted by molar-refractivity contribution is 5.96. The van der Waals surface area contributed by atoms with Crippen LogP contribution in [-0.2, 0) is 10.2 Å². The lowest BCUT2D eigenvalue weighted by Gasteiger charge is -2.23. The maximum atomic E-state index is 9.47. The maximum absolute atomic E-state index is 9.47. The van der Waals surface area contributed by atoms with Gasteiger partial charge in [0.25, 0.3) is 0 Å². The highest BCUT2D eigenvalue weighted by Gasteiger charge is 2.21. The number of H-pyrrole nitrogens is 1. The van der Waals surface area contributed by atoms with Gasteiger partial charge < -0.3 is 20.7 Å². The molecule has 0 amide bonds. The molecule has 1 aromatic heterocycles. The average molecular weight is 517 g/mol. The first kappa shape index (κ1) is 29.9. The van der Waals surface area contributed by atoms with Crippen LogP contribution in [0.2, 0.25) is 0 Å². The Labute approximate surface area is 226 Å². The molecule has 9 nitrogen and oxygen atoms in total. The Hall–Kier alpha value is -4.32. The fourth-order valence-electron chi connectivity index (χ4n) is 3.72. The second-order valence-corrected chi connectivity index (χ2v) is 9.46. The molecule has 9 heteroatoms. The van der Waals surface area contributed by atoms with Crippen molar-refractivity contribution < 1.29 is 4.74 Å². The number of hydrogen-bond donors (Lipinski definition) is 3. The Morgan fingerprint density at radius 2 is 1.95 bits per heavy atom. The van der Waals surface area contributed by atoms with Crippen LogP contribution >= 0.6 is 0 Å². The van der Waals surface area contributed by atoms with Crippen LogP contribution in [-0.4, -0.2) is 43.5 Å². The largest absolute Gasteiger partial charge is 0.492 e. The summed E-state index contributed by atoms with van der Waals surface area (Å²) in [5.41, 5.74) is 10.8. The molecule has 1 heterocycles. The summed E-state index contributed by atoms with van der Waals surface area (Å²) in [6.07, 6.45) is 4.00. The number of ether oxygens (including phenoxy) is 1. The molecule has 4 N–H and O–H groups in total. The molecule has 38 heavy (non-hydrogen) atoms. The molecule has 0 spiro atoms. The fraction of sp³-hybridized carbons (Fsp3) is 0.379. The minimum absolute atomic E-state index is 0.470. The van der Waals surface area contributed by atoms with E-state index in [0.717, 1.165) is 40.1 Å². The third kappa shape index (κ3) is 7.13. The van der Waals surface area contributed by atoms with Gasteiger partial charge in [0.2, 0.25) is 0 Å². The summed E-state index contributed by atoms with van der Waals surface area (Å²) < 4.78 is 5.96. The molecule has 0 radical (unpaired) electrons. The van der Waals surface area contributed by atoms with Crippen LogP contribution in [0.3, 0.4) is 0 Å². The third-order valence-electron chi connectivity index (χ3n) is 6.31. The normalized spacial score (nSPS) is 14.1. The minimum Gasteiger partial charge on any atom is -0.492 e. The zero-order valence-corrected chi connectivity index (χ0v) is 24.0. The second-order valence-electron chi connectivity index (χ2n) is 9.46. The number of aromatic nitrogens is 2. The number of hydrogen-bond acceptors (Lipinski definition) is 7. The first-order valence-corrected chi connectivity index (χ1v) is 12.5. The molecule has 0 aliphatic rings. The molecule has 202 valence electrons. The lowest BCUT2D eigenvalue weighted by atomic mass is 9.86. The van der Waals surface area contributed by atoms with Crippen molar-refractivity contribution in [2.24, 2.45) is 15.7 Å². The number of aliphatic imine (C=N–C) groups is 2. The molecule has 0 atom stereocenters. The molecule has 0 bridgehead atoms. The van der Waals surface area contributed by atoms with Gasteiger partial charge >= 0.3 is 0 Å². The number of benzene rings is 1. The molecule has 0 fully saturated rings. The average Bonchev–Trinajstić information content (AvgIpc) is 3.33. The number of nitrogens with zero attached hydrogens (tertiary/aromatic N) is 5. The predicted molar refractivity (Wildman–Crippen MR) is 157 cm³/mol. The van der Waals surface area contributed by atoms with E-state index < -0.39 is 5.41 Å². The van der Waals surface area contributed by atoms with Gasteiger partial charge in [-0.05, 0) is 58.7 Å². The number of rotatable bonds is 10. The fourth-order valence-corrected chi connectivity index (χ4v) is 3.72. The van der Waals surface area contributed by atoms with E-state index in [1.807, 2.05) is 76.9 Å².